The molecule has 0 unspecified atom stereocenters. The normalized spacial score (nSPS) is 11.6. The number of ether oxygens (including phenoxy) is 3. The second-order valence-electron chi connectivity index (χ2n) is 4.83. The Bertz CT molecular complexity index is 472. The Morgan fingerprint density at radius 1 is 1.18 bits per heavy atom. The standard InChI is InChI=1S/C16H23NO5/c1-12-4-6-14(7-5-12)21-10-8-15(18)22-13(2)16(19)17-9-11-20-3/h4-7,13H,8-11H2,1-3H3,(H,17,19)/t13-/m0/s1. The quantitative estimate of drug-likeness (QED) is 0.552. The zero-order valence-corrected chi connectivity index (χ0v) is 13.3. The van der Waals surface area contributed by atoms with E-state index < -0.39 is 12.1 Å². The van der Waals surface area contributed by atoms with Crippen molar-refractivity contribution in [1.29, 1.82) is 0 Å². The van der Waals surface area contributed by atoms with Crippen molar-refractivity contribution in [3.05, 3.63) is 29.8 Å². The number of amides is 1. The molecule has 1 atom stereocenters. The minimum atomic E-state index is -0.830. The van der Waals surface area contributed by atoms with Crippen LogP contribution in [0.3, 0.4) is 0 Å². The smallest absolute Gasteiger partial charge is 0.310 e. The second kappa shape index (κ2) is 9.78. The summed E-state index contributed by atoms with van der Waals surface area (Å²) < 4.78 is 15.3. The lowest BCUT2D eigenvalue weighted by Crippen LogP contribution is -2.37. The molecule has 0 aliphatic carbocycles. The van der Waals surface area contributed by atoms with Crippen LogP contribution < -0.4 is 10.1 Å². The van der Waals surface area contributed by atoms with Crippen molar-refractivity contribution in [1.82, 2.24) is 5.32 Å². The molecular formula is C16H23NO5. The zero-order valence-electron chi connectivity index (χ0n) is 13.3. The SMILES string of the molecule is COCCNC(=O)[C@H](C)OC(=O)CCOc1ccc(C)cc1. The molecule has 0 aliphatic heterocycles. The number of nitrogens with one attached hydrogen (secondary N) is 1. The van der Waals surface area contributed by atoms with E-state index in [1.807, 2.05) is 31.2 Å². The lowest BCUT2D eigenvalue weighted by atomic mass is 10.2. The van der Waals surface area contributed by atoms with Crippen molar-refractivity contribution >= 4 is 11.9 Å². The molecule has 122 valence electrons. The Kier molecular flexibility index (Phi) is 7.99. The molecule has 0 saturated heterocycles. The highest BCUT2D eigenvalue weighted by Crippen LogP contribution is 2.11. The molecule has 0 spiro atoms. The molecule has 1 amide bonds. The van der Waals surface area contributed by atoms with Gasteiger partial charge >= 0.3 is 5.97 Å². The van der Waals surface area contributed by atoms with Gasteiger partial charge in [0.15, 0.2) is 6.10 Å². The fraction of sp³-hybridized carbons (Fsp3) is 0.500. The van der Waals surface area contributed by atoms with Gasteiger partial charge in [0.25, 0.3) is 5.91 Å². The molecule has 0 bridgehead atoms. The van der Waals surface area contributed by atoms with Crippen molar-refractivity contribution in [2.75, 3.05) is 26.9 Å². The number of rotatable bonds is 9. The maximum absolute atomic E-state index is 11.6. The Hall–Kier alpha value is -2.08. The average molecular weight is 309 g/mol. The summed E-state index contributed by atoms with van der Waals surface area (Å²) >= 11 is 0. The number of carbonyl (C=O) groups is 2. The number of methoxy groups -OCH3 is 1. The fourth-order valence-corrected chi connectivity index (χ4v) is 1.62. The third-order valence-electron chi connectivity index (χ3n) is 2.88. The van der Waals surface area contributed by atoms with Crippen LogP contribution >= 0.6 is 0 Å². The van der Waals surface area contributed by atoms with E-state index in [0.717, 1.165) is 5.56 Å². The van der Waals surface area contributed by atoms with Gasteiger partial charge in [0.1, 0.15) is 5.75 Å². The molecule has 6 heteroatoms. The van der Waals surface area contributed by atoms with Gasteiger partial charge < -0.3 is 19.5 Å². The van der Waals surface area contributed by atoms with Gasteiger partial charge in [0.2, 0.25) is 0 Å². The molecule has 22 heavy (non-hydrogen) atoms. The number of carbonyl (C=O) groups excluding carboxylic acids is 2. The summed E-state index contributed by atoms with van der Waals surface area (Å²) in [6.07, 6.45) is -0.743. The number of hydrogen-bond donors (Lipinski definition) is 1. The number of esters is 1. The van der Waals surface area contributed by atoms with E-state index in [0.29, 0.717) is 18.9 Å². The van der Waals surface area contributed by atoms with Gasteiger partial charge in [-0.3, -0.25) is 9.59 Å². The van der Waals surface area contributed by atoms with Gasteiger partial charge in [-0.1, -0.05) is 17.7 Å². The van der Waals surface area contributed by atoms with Crippen molar-refractivity contribution in [3.63, 3.8) is 0 Å². The van der Waals surface area contributed by atoms with Crippen LogP contribution in [0.2, 0.25) is 0 Å². The Morgan fingerprint density at radius 2 is 1.86 bits per heavy atom. The summed E-state index contributed by atoms with van der Waals surface area (Å²) in [7, 11) is 1.55. The van der Waals surface area contributed by atoms with Gasteiger partial charge in [-0.2, -0.15) is 0 Å². The van der Waals surface area contributed by atoms with Crippen LogP contribution in [0.15, 0.2) is 24.3 Å². The van der Waals surface area contributed by atoms with Gasteiger partial charge in [0.05, 0.1) is 19.6 Å². The summed E-state index contributed by atoms with van der Waals surface area (Å²) in [5.41, 5.74) is 1.14. The van der Waals surface area contributed by atoms with E-state index in [1.165, 1.54) is 6.92 Å². The Morgan fingerprint density at radius 3 is 2.50 bits per heavy atom. The first-order valence-electron chi connectivity index (χ1n) is 7.18. The van der Waals surface area contributed by atoms with Gasteiger partial charge in [-0.15, -0.1) is 0 Å². The maximum atomic E-state index is 11.6. The zero-order chi connectivity index (χ0) is 16.4. The van der Waals surface area contributed by atoms with Crippen LogP contribution in [0.4, 0.5) is 0 Å². The second-order valence-corrected chi connectivity index (χ2v) is 4.83. The van der Waals surface area contributed by atoms with E-state index in [1.54, 1.807) is 7.11 Å². The summed E-state index contributed by atoms with van der Waals surface area (Å²) in [6.45, 7) is 4.52. The Balaban J connectivity index is 2.22. The van der Waals surface area contributed by atoms with E-state index >= 15 is 0 Å². The third-order valence-corrected chi connectivity index (χ3v) is 2.88. The molecule has 6 nitrogen and oxygen atoms in total. The Labute approximate surface area is 130 Å². The molecule has 1 rings (SSSR count). The average Bonchev–Trinajstić information content (AvgIpc) is 2.49. The van der Waals surface area contributed by atoms with Crippen molar-refractivity contribution in [3.8, 4) is 5.75 Å². The molecule has 0 saturated carbocycles. The molecular weight excluding hydrogens is 286 g/mol. The van der Waals surface area contributed by atoms with E-state index in [-0.39, 0.29) is 18.9 Å². The number of benzene rings is 1. The van der Waals surface area contributed by atoms with Gasteiger partial charge in [-0.25, -0.2) is 0 Å². The summed E-state index contributed by atoms with van der Waals surface area (Å²) in [5.74, 6) is -0.116. The molecule has 0 fully saturated rings. The van der Waals surface area contributed by atoms with Crippen LogP contribution in [0.1, 0.15) is 18.9 Å². The largest absolute Gasteiger partial charge is 0.493 e. The molecule has 0 aliphatic rings. The highest BCUT2D eigenvalue weighted by molar-refractivity contribution is 5.83. The summed E-state index contributed by atoms with van der Waals surface area (Å²) in [5, 5.41) is 2.60. The van der Waals surface area contributed by atoms with Gasteiger partial charge in [-0.05, 0) is 26.0 Å². The molecule has 0 heterocycles. The van der Waals surface area contributed by atoms with E-state index in [9.17, 15) is 9.59 Å². The molecule has 1 aromatic rings. The first kappa shape index (κ1) is 18.0. The number of aryl methyl sites for hydroxylation is 1. The minimum Gasteiger partial charge on any atom is -0.493 e. The predicted molar refractivity (Wildman–Crippen MR) is 81.7 cm³/mol. The van der Waals surface area contributed by atoms with E-state index in [4.69, 9.17) is 14.2 Å². The fourth-order valence-electron chi connectivity index (χ4n) is 1.62. The van der Waals surface area contributed by atoms with Crippen molar-refractivity contribution in [2.45, 2.75) is 26.4 Å². The van der Waals surface area contributed by atoms with Crippen LogP contribution in [0.5, 0.6) is 5.75 Å². The molecule has 1 aromatic carbocycles. The van der Waals surface area contributed by atoms with E-state index in [2.05, 4.69) is 5.32 Å². The van der Waals surface area contributed by atoms with Crippen LogP contribution in [0, 0.1) is 6.92 Å². The lowest BCUT2D eigenvalue weighted by molar-refractivity contribution is -0.155. The van der Waals surface area contributed by atoms with Crippen LogP contribution in [-0.4, -0.2) is 44.8 Å². The topological polar surface area (TPSA) is 73.9 Å². The van der Waals surface area contributed by atoms with Gasteiger partial charge in [0, 0.05) is 13.7 Å². The highest BCUT2D eigenvalue weighted by atomic mass is 16.5. The van der Waals surface area contributed by atoms with Crippen LogP contribution in [-0.2, 0) is 19.1 Å². The molecule has 1 N–H and O–H groups in total. The number of hydrogen-bond acceptors (Lipinski definition) is 5. The van der Waals surface area contributed by atoms with Crippen molar-refractivity contribution in [2.24, 2.45) is 0 Å². The highest BCUT2D eigenvalue weighted by Gasteiger charge is 2.17. The molecule has 0 radical (unpaired) electrons. The monoisotopic (exact) mass is 309 g/mol. The summed E-state index contributed by atoms with van der Waals surface area (Å²) in [6, 6.07) is 7.54. The predicted octanol–water partition coefficient (Wildman–Crippen LogP) is 1.46. The first-order valence-corrected chi connectivity index (χ1v) is 7.18. The first-order chi connectivity index (χ1) is 10.5. The lowest BCUT2D eigenvalue weighted by Gasteiger charge is -2.13. The van der Waals surface area contributed by atoms with Crippen LogP contribution in [0.25, 0.3) is 0 Å². The van der Waals surface area contributed by atoms with Crippen molar-refractivity contribution < 1.29 is 23.8 Å². The maximum Gasteiger partial charge on any atom is 0.310 e. The summed E-state index contributed by atoms with van der Waals surface area (Å²) in [4.78, 5) is 23.2. The molecule has 0 aromatic heterocycles. The minimum absolute atomic E-state index is 0.0869. The third kappa shape index (κ3) is 7.08.